The summed E-state index contributed by atoms with van der Waals surface area (Å²) >= 11 is 3.34. The van der Waals surface area contributed by atoms with Gasteiger partial charge in [-0.25, -0.2) is 4.98 Å². The van der Waals surface area contributed by atoms with E-state index in [0.29, 0.717) is 12.2 Å². The molecule has 1 unspecified atom stereocenters. The van der Waals surface area contributed by atoms with Crippen molar-refractivity contribution in [2.75, 3.05) is 18.9 Å². The molecule has 0 aliphatic carbocycles. The molecular weight excluding hydrogens is 342 g/mol. The molecule has 0 saturated heterocycles. The Morgan fingerprint density at radius 1 is 1.36 bits per heavy atom. The topological polar surface area (TPSA) is 45.2 Å². The van der Waals surface area contributed by atoms with Gasteiger partial charge in [0, 0.05) is 29.7 Å². The van der Waals surface area contributed by atoms with E-state index in [0.717, 1.165) is 17.4 Å². The van der Waals surface area contributed by atoms with Gasteiger partial charge in [0.1, 0.15) is 5.82 Å². The lowest BCUT2D eigenvalue weighted by atomic mass is 9.91. The Bertz CT molecular complexity index is 672. The number of rotatable bonds is 3. The second-order valence-electron chi connectivity index (χ2n) is 5.56. The standard InChI is InChI=1S/C17H18BrN3O/c1-21-9-8-12-4-2-3-5-14(12)15(21)10-17(22)20-16-7-6-13(18)11-19-16/h2-7,11,15H,8-10H2,1H3,(H,19,20,22). The van der Waals surface area contributed by atoms with Crippen LogP contribution in [0.5, 0.6) is 0 Å². The minimum Gasteiger partial charge on any atom is -0.311 e. The van der Waals surface area contributed by atoms with E-state index in [4.69, 9.17) is 0 Å². The van der Waals surface area contributed by atoms with E-state index in [2.05, 4.69) is 56.4 Å². The number of carbonyl (C=O) groups is 1. The molecule has 1 atom stereocenters. The van der Waals surface area contributed by atoms with Gasteiger partial charge >= 0.3 is 0 Å². The number of benzene rings is 1. The highest BCUT2D eigenvalue weighted by Crippen LogP contribution is 2.31. The number of nitrogens with one attached hydrogen (secondary N) is 1. The molecule has 1 aliphatic heterocycles. The lowest BCUT2D eigenvalue weighted by Gasteiger charge is -2.34. The molecule has 22 heavy (non-hydrogen) atoms. The highest BCUT2D eigenvalue weighted by molar-refractivity contribution is 9.10. The lowest BCUT2D eigenvalue weighted by Crippen LogP contribution is -2.34. The van der Waals surface area contributed by atoms with Gasteiger partial charge in [-0.2, -0.15) is 0 Å². The van der Waals surface area contributed by atoms with Crippen LogP contribution in [-0.2, 0) is 11.2 Å². The fourth-order valence-electron chi connectivity index (χ4n) is 2.86. The van der Waals surface area contributed by atoms with Gasteiger partial charge in [0.05, 0.1) is 0 Å². The summed E-state index contributed by atoms with van der Waals surface area (Å²) in [5, 5.41) is 2.87. The molecule has 5 heteroatoms. The Labute approximate surface area is 138 Å². The SMILES string of the molecule is CN1CCc2ccccc2C1CC(=O)Nc1ccc(Br)cn1. The average Bonchev–Trinajstić information content (AvgIpc) is 2.52. The van der Waals surface area contributed by atoms with Gasteiger partial charge in [-0.3, -0.25) is 9.69 Å². The van der Waals surface area contributed by atoms with Crippen LogP contribution in [0.1, 0.15) is 23.6 Å². The molecule has 1 aromatic carbocycles. The second-order valence-corrected chi connectivity index (χ2v) is 6.47. The summed E-state index contributed by atoms with van der Waals surface area (Å²) in [6.45, 7) is 0.978. The zero-order valence-corrected chi connectivity index (χ0v) is 14.0. The molecule has 0 radical (unpaired) electrons. The van der Waals surface area contributed by atoms with Crippen LogP contribution in [0.4, 0.5) is 5.82 Å². The fraction of sp³-hybridized carbons (Fsp3) is 0.294. The number of hydrogen-bond donors (Lipinski definition) is 1. The Hall–Kier alpha value is -1.72. The molecule has 2 aromatic rings. The number of carbonyl (C=O) groups excluding carboxylic acids is 1. The Balaban J connectivity index is 1.72. The summed E-state index contributed by atoms with van der Waals surface area (Å²) in [6.07, 6.45) is 3.15. The summed E-state index contributed by atoms with van der Waals surface area (Å²) in [7, 11) is 2.08. The number of likely N-dealkylation sites (N-methyl/N-ethyl adjacent to an activating group) is 1. The summed E-state index contributed by atoms with van der Waals surface area (Å²) in [5.41, 5.74) is 2.61. The largest absolute Gasteiger partial charge is 0.311 e. The smallest absolute Gasteiger partial charge is 0.227 e. The van der Waals surface area contributed by atoms with Gasteiger partial charge in [-0.15, -0.1) is 0 Å². The van der Waals surface area contributed by atoms with Crippen LogP contribution in [-0.4, -0.2) is 29.4 Å². The number of halogens is 1. The first-order valence-corrected chi connectivity index (χ1v) is 8.12. The van der Waals surface area contributed by atoms with Crippen molar-refractivity contribution in [1.29, 1.82) is 0 Å². The van der Waals surface area contributed by atoms with Crippen molar-refractivity contribution < 1.29 is 4.79 Å². The first-order chi connectivity index (χ1) is 10.6. The van der Waals surface area contributed by atoms with Crippen molar-refractivity contribution >= 4 is 27.7 Å². The van der Waals surface area contributed by atoms with E-state index in [1.165, 1.54) is 11.1 Å². The zero-order valence-electron chi connectivity index (χ0n) is 12.4. The molecule has 0 spiro atoms. The van der Waals surface area contributed by atoms with E-state index in [-0.39, 0.29) is 11.9 Å². The molecule has 0 fully saturated rings. The normalized spacial score (nSPS) is 17.8. The Morgan fingerprint density at radius 3 is 2.95 bits per heavy atom. The molecule has 1 aliphatic rings. The number of fused-ring (bicyclic) bond motifs is 1. The van der Waals surface area contributed by atoms with Gasteiger partial charge in [0.2, 0.25) is 5.91 Å². The van der Waals surface area contributed by atoms with Crippen molar-refractivity contribution in [3.63, 3.8) is 0 Å². The van der Waals surface area contributed by atoms with Gasteiger partial charge in [0.25, 0.3) is 0 Å². The third kappa shape index (κ3) is 3.36. The maximum atomic E-state index is 12.3. The molecule has 0 bridgehead atoms. The molecule has 3 rings (SSSR count). The van der Waals surface area contributed by atoms with Crippen LogP contribution < -0.4 is 5.32 Å². The second kappa shape index (κ2) is 6.58. The van der Waals surface area contributed by atoms with Crippen molar-refractivity contribution in [2.24, 2.45) is 0 Å². The Morgan fingerprint density at radius 2 is 2.18 bits per heavy atom. The van der Waals surface area contributed by atoms with Crippen LogP contribution in [0, 0.1) is 0 Å². The summed E-state index contributed by atoms with van der Waals surface area (Å²) in [6, 6.07) is 12.2. The number of pyridine rings is 1. The number of nitrogens with zero attached hydrogens (tertiary/aromatic N) is 2. The van der Waals surface area contributed by atoms with Crippen molar-refractivity contribution in [3.8, 4) is 0 Å². The quantitative estimate of drug-likeness (QED) is 0.913. The van der Waals surface area contributed by atoms with E-state index < -0.39 is 0 Å². The van der Waals surface area contributed by atoms with E-state index in [1.54, 1.807) is 12.3 Å². The third-order valence-electron chi connectivity index (χ3n) is 4.05. The Kier molecular flexibility index (Phi) is 4.55. The lowest BCUT2D eigenvalue weighted by molar-refractivity contribution is -0.117. The predicted octanol–water partition coefficient (Wildman–Crippen LogP) is 3.40. The summed E-state index contributed by atoms with van der Waals surface area (Å²) in [5.74, 6) is 0.573. The van der Waals surface area contributed by atoms with E-state index in [9.17, 15) is 4.79 Å². The zero-order chi connectivity index (χ0) is 15.5. The van der Waals surface area contributed by atoms with E-state index in [1.807, 2.05) is 12.1 Å². The van der Waals surface area contributed by atoms with Crippen LogP contribution in [0.15, 0.2) is 47.1 Å². The highest BCUT2D eigenvalue weighted by Gasteiger charge is 2.26. The minimum absolute atomic E-state index is 0.0108. The minimum atomic E-state index is -0.0108. The monoisotopic (exact) mass is 359 g/mol. The first kappa shape index (κ1) is 15.2. The maximum absolute atomic E-state index is 12.3. The van der Waals surface area contributed by atoms with Crippen molar-refractivity contribution in [2.45, 2.75) is 18.9 Å². The number of hydrogen-bond acceptors (Lipinski definition) is 3. The van der Waals surface area contributed by atoms with Crippen molar-refractivity contribution in [1.82, 2.24) is 9.88 Å². The summed E-state index contributed by atoms with van der Waals surface area (Å²) in [4.78, 5) is 18.8. The van der Waals surface area contributed by atoms with Crippen LogP contribution in [0.25, 0.3) is 0 Å². The predicted molar refractivity (Wildman–Crippen MR) is 90.7 cm³/mol. The average molecular weight is 360 g/mol. The first-order valence-electron chi connectivity index (χ1n) is 7.33. The molecule has 1 amide bonds. The number of amides is 1. The van der Waals surface area contributed by atoms with Crippen molar-refractivity contribution in [3.05, 3.63) is 58.2 Å². The molecular formula is C17H18BrN3O. The molecule has 4 nitrogen and oxygen atoms in total. The summed E-state index contributed by atoms with van der Waals surface area (Å²) < 4.78 is 0.895. The van der Waals surface area contributed by atoms with Crippen LogP contribution in [0.3, 0.4) is 0 Å². The molecule has 1 N–H and O–H groups in total. The molecule has 1 aromatic heterocycles. The number of anilines is 1. The van der Waals surface area contributed by atoms with Gasteiger partial charge in [-0.1, -0.05) is 24.3 Å². The van der Waals surface area contributed by atoms with Gasteiger partial charge < -0.3 is 5.32 Å². The fourth-order valence-corrected chi connectivity index (χ4v) is 3.10. The third-order valence-corrected chi connectivity index (χ3v) is 4.52. The highest BCUT2D eigenvalue weighted by atomic mass is 79.9. The number of aromatic nitrogens is 1. The molecule has 114 valence electrons. The van der Waals surface area contributed by atoms with Crippen LogP contribution >= 0.6 is 15.9 Å². The van der Waals surface area contributed by atoms with Gasteiger partial charge in [0.15, 0.2) is 0 Å². The van der Waals surface area contributed by atoms with Crippen LogP contribution in [0.2, 0.25) is 0 Å². The van der Waals surface area contributed by atoms with Gasteiger partial charge in [-0.05, 0) is 52.7 Å². The molecule has 0 saturated carbocycles. The maximum Gasteiger partial charge on any atom is 0.227 e. The van der Waals surface area contributed by atoms with E-state index >= 15 is 0 Å². The molecule has 2 heterocycles.